The summed E-state index contributed by atoms with van der Waals surface area (Å²) in [7, 11) is 1.45. The van der Waals surface area contributed by atoms with Crippen LogP contribution in [0.1, 0.15) is 32.8 Å². The van der Waals surface area contributed by atoms with Crippen LogP contribution in [-0.2, 0) is 35.3 Å². The average molecular weight is 576 g/mol. The molecule has 8 amide bonds. The number of hydrogen-bond acceptors (Lipinski definition) is 8. The number of ether oxygens (including phenoxy) is 1. The van der Waals surface area contributed by atoms with Gasteiger partial charge in [-0.2, -0.15) is 0 Å². The largest absolute Gasteiger partial charge is 0.445 e. The number of carbonyl (C=O) groups excluding carboxylic acids is 7. The van der Waals surface area contributed by atoms with E-state index >= 15 is 0 Å². The van der Waals surface area contributed by atoms with E-state index in [2.05, 4.69) is 26.6 Å². The highest BCUT2D eigenvalue weighted by Crippen LogP contribution is 2.10. The number of hydrogen-bond donors (Lipinski definition) is 6. The maximum absolute atomic E-state index is 12.5. The van der Waals surface area contributed by atoms with Crippen molar-refractivity contribution in [2.45, 2.75) is 39.8 Å². The lowest BCUT2D eigenvalue weighted by molar-refractivity contribution is -0.141. The summed E-state index contributed by atoms with van der Waals surface area (Å²) in [6.45, 7) is 5.27. The van der Waals surface area contributed by atoms with Crippen LogP contribution < -0.4 is 32.3 Å². The van der Waals surface area contributed by atoms with Crippen molar-refractivity contribution in [3.05, 3.63) is 42.0 Å². The van der Waals surface area contributed by atoms with Gasteiger partial charge in [-0.3, -0.25) is 28.9 Å². The van der Waals surface area contributed by atoms with E-state index in [1.807, 2.05) is 6.92 Å². The molecule has 1 aromatic rings. The van der Waals surface area contributed by atoms with Gasteiger partial charge in [0, 0.05) is 31.4 Å². The molecule has 0 saturated carbocycles. The molecule has 224 valence electrons. The van der Waals surface area contributed by atoms with Crippen LogP contribution >= 0.6 is 0 Å². The number of anilines is 1. The molecule has 0 bridgehead atoms. The average Bonchev–Trinajstić information content (AvgIpc) is 3.25. The highest BCUT2D eigenvalue weighted by Gasteiger charge is 2.29. The lowest BCUT2D eigenvalue weighted by Gasteiger charge is -2.23. The molecule has 1 unspecified atom stereocenters. The molecule has 0 radical (unpaired) electrons. The van der Waals surface area contributed by atoms with E-state index in [9.17, 15) is 33.6 Å². The second-order valence-electron chi connectivity index (χ2n) is 8.97. The first-order valence-electron chi connectivity index (χ1n) is 12.7. The van der Waals surface area contributed by atoms with E-state index in [-0.39, 0.29) is 19.1 Å². The molecule has 1 aromatic carbocycles. The lowest BCUT2D eigenvalue weighted by Crippen LogP contribution is -2.53. The molecule has 15 heteroatoms. The number of imide groups is 1. The fraction of sp³-hybridized carbons (Fsp3) is 0.423. The summed E-state index contributed by atoms with van der Waals surface area (Å²) < 4.78 is 4.93. The van der Waals surface area contributed by atoms with Gasteiger partial charge < -0.3 is 37.1 Å². The smallest absolute Gasteiger partial charge is 0.407 e. The van der Waals surface area contributed by atoms with Crippen LogP contribution in [0.5, 0.6) is 0 Å². The van der Waals surface area contributed by atoms with Crippen LogP contribution in [0.25, 0.3) is 0 Å². The predicted octanol–water partition coefficient (Wildman–Crippen LogP) is -0.272. The molecular formula is C26H37N7O8. The van der Waals surface area contributed by atoms with E-state index in [4.69, 9.17) is 10.5 Å². The summed E-state index contributed by atoms with van der Waals surface area (Å²) in [5, 5.41) is 12.3. The number of rotatable bonds is 12. The van der Waals surface area contributed by atoms with Gasteiger partial charge in [0.15, 0.2) is 0 Å². The Morgan fingerprint density at radius 2 is 1.56 bits per heavy atom. The molecule has 7 N–H and O–H groups in total. The highest BCUT2D eigenvalue weighted by atomic mass is 16.5. The second kappa shape index (κ2) is 17.6. The number of nitrogens with zero attached hydrogens (tertiary/aromatic N) is 1. The molecule has 0 fully saturated rings. The van der Waals surface area contributed by atoms with E-state index in [1.54, 1.807) is 38.1 Å². The fourth-order valence-electron chi connectivity index (χ4n) is 3.12. The normalized spacial score (nSPS) is 12.6. The van der Waals surface area contributed by atoms with Gasteiger partial charge in [-0.25, -0.2) is 9.59 Å². The molecule has 0 spiro atoms. The van der Waals surface area contributed by atoms with Crippen molar-refractivity contribution in [3.63, 3.8) is 0 Å². The minimum Gasteiger partial charge on any atom is -0.445 e. The van der Waals surface area contributed by atoms with E-state index < -0.39 is 54.2 Å². The van der Waals surface area contributed by atoms with Crippen molar-refractivity contribution in [3.8, 4) is 0 Å². The molecule has 0 aromatic heterocycles. The Labute approximate surface area is 237 Å². The van der Waals surface area contributed by atoms with Crippen molar-refractivity contribution in [1.29, 1.82) is 0 Å². The van der Waals surface area contributed by atoms with Crippen molar-refractivity contribution in [2.75, 3.05) is 32.0 Å². The number of alkyl carbamates (subject to hydrolysis) is 1. The first-order chi connectivity index (χ1) is 19.4. The van der Waals surface area contributed by atoms with E-state index in [1.165, 1.54) is 7.05 Å². The van der Waals surface area contributed by atoms with Crippen molar-refractivity contribution in [2.24, 2.45) is 11.7 Å². The summed E-state index contributed by atoms with van der Waals surface area (Å²) in [6.07, 6.45) is 2.50. The maximum Gasteiger partial charge on any atom is 0.407 e. The van der Waals surface area contributed by atoms with E-state index in [0.717, 1.165) is 29.0 Å². The first kappa shape index (κ1) is 34.1. The van der Waals surface area contributed by atoms with Crippen molar-refractivity contribution in [1.82, 2.24) is 26.2 Å². The zero-order valence-corrected chi connectivity index (χ0v) is 23.4. The van der Waals surface area contributed by atoms with Crippen LogP contribution in [0.4, 0.5) is 15.3 Å². The minimum absolute atomic E-state index is 0.0723. The number of benzene rings is 1. The Morgan fingerprint density at radius 3 is 2.05 bits per heavy atom. The quantitative estimate of drug-likeness (QED) is 0.182. The zero-order valence-electron chi connectivity index (χ0n) is 23.4. The summed E-state index contributed by atoms with van der Waals surface area (Å²) >= 11 is 0. The third-order valence-electron chi connectivity index (χ3n) is 5.25. The summed E-state index contributed by atoms with van der Waals surface area (Å²) in [4.78, 5) is 81.9. The number of primary amides is 1. The fourth-order valence-corrected chi connectivity index (χ4v) is 3.12. The Hall–Kier alpha value is -4.95. The molecule has 1 atom stereocenters. The molecular weight excluding hydrogens is 538 g/mol. The number of nitrogens with one attached hydrogen (secondary N) is 5. The maximum atomic E-state index is 12.5. The second-order valence-corrected chi connectivity index (χ2v) is 8.97. The van der Waals surface area contributed by atoms with Gasteiger partial charge in [0.1, 0.15) is 19.2 Å². The number of carbonyl (C=O) groups is 7. The highest BCUT2D eigenvalue weighted by molar-refractivity contribution is 6.14. The Balaban J connectivity index is 0.00000106. The van der Waals surface area contributed by atoms with E-state index in [0.29, 0.717) is 12.2 Å². The van der Waals surface area contributed by atoms with Crippen LogP contribution in [0.2, 0.25) is 0 Å². The molecule has 0 aliphatic carbocycles. The molecule has 0 saturated heterocycles. The van der Waals surface area contributed by atoms with Gasteiger partial charge >= 0.3 is 12.1 Å². The zero-order chi connectivity index (χ0) is 30.9. The Kier molecular flexibility index (Phi) is 14.6. The first-order valence-corrected chi connectivity index (χ1v) is 12.7. The van der Waals surface area contributed by atoms with Gasteiger partial charge in [0.2, 0.25) is 17.7 Å². The molecule has 2 rings (SSSR count). The monoisotopic (exact) mass is 575 g/mol. The third kappa shape index (κ3) is 13.1. The van der Waals surface area contributed by atoms with Gasteiger partial charge in [-0.1, -0.05) is 32.9 Å². The number of nitrogens with two attached hydrogens (primary N) is 1. The number of urea groups is 1. The van der Waals surface area contributed by atoms with Gasteiger partial charge in [0.25, 0.3) is 11.8 Å². The lowest BCUT2D eigenvalue weighted by atomic mass is 10.0. The summed E-state index contributed by atoms with van der Waals surface area (Å²) in [5.41, 5.74) is 5.93. The Morgan fingerprint density at radius 1 is 0.951 bits per heavy atom. The molecule has 15 nitrogen and oxygen atoms in total. The molecule has 1 heterocycles. The van der Waals surface area contributed by atoms with Gasteiger partial charge in [-0.05, 0) is 30.0 Å². The topological polar surface area (TPSA) is 218 Å². The molecule has 1 aliphatic rings. The Bertz CT molecular complexity index is 1120. The van der Waals surface area contributed by atoms with Gasteiger partial charge in [-0.15, -0.1) is 0 Å². The SMILES string of the molecule is CCCNC(N)=O.CNC(=O)OCc1ccc(NC(=O)CNC(=O)C(NC(=O)CN2C(=O)C=CC2=O)C(C)C)cc1. The molecule has 41 heavy (non-hydrogen) atoms. The van der Waals surface area contributed by atoms with Crippen LogP contribution in [0.3, 0.4) is 0 Å². The van der Waals surface area contributed by atoms with Gasteiger partial charge in [0.05, 0.1) is 6.54 Å². The van der Waals surface area contributed by atoms with Crippen molar-refractivity contribution >= 4 is 47.3 Å². The van der Waals surface area contributed by atoms with Crippen LogP contribution in [-0.4, -0.2) is 79.3 Å². The van der Waals surface area contributed by atoms with Crippen molar-refractivity contribution < 1.29 is 38.3 Å². The standard InChI is InChI=1S/C22H27N5O7.C4H10N2O/c1-13(2)20(26-17(29)11-27-18(30)8-9-19(27)31)21(32)24-10-16(28)25-15-6-4-14(5-7-15)12-34-22(33)23-3;1-2-3-6-4(5)7/h4-9,13,20H,10-12H2,1-3H3,(H,23,33)(H,24,32)(H,25,28)(H,26,29);2-3H2,1H3,(H3,5,6,7). The minimum atomic E-state index is -0.972. The third-order valence-corrected chi connectivity index (χ3v) is 5.25. The van der Waals surface area contributed by atoms with Crippen LogP contribution in [0, 0.1) is 5.92 Å². The number of amides is 8. The summed E-state index contributed by atoms with van der Waals surface area (Å²) in [6, 6.07) is 5.17. The van der Waals surface area contributed by atoms with Crippen LogP contribution in [0.15, 0.2) is 36.4 Å². The predicted molar refractivity (Wildman–Crippen MR) is 148 cm³/mol. The molecule has 1 aliphatic heterocycles. The summed E-state index contributed by atoms with van der Waals surface area (Å²) in [5.74, 6) is -3.28.